The third-order valence-corrected chi connectivity index (χ3v) is 4.30. The average molecular weight is 278 g/mol. The van der Waals surface area contributed by atoms with Gasteiger partial charge in [0, 0.05) is 11.6 Å². The fourth-order valence-corrected chi connectivity index (χ4v) is 3.46. The summed E-state index contributed by atoms with van der Waals surface area (Å²) in [5.74, 6) is 0.298. The highest BCUT2D eigenvalue weighted by Gasteiger charge is 2.54. The molecule has 1 unspecified atom stereocenters. The Hall–Kier alpha value is -1.55. The lowest BCUT2D eigenvalue weighted by atomic mass is 9.89. The van der Waals surface area contributed by atoms with Crippen LogP contribution in [0.25, 0.3) is 0 Å². The lowest BCUT2D eigenvalue weighted by Gasteiger charge is -2.33. The van der Waals surface area contributed by atoms with Crippen LogP contribution < -0.4 is 5.32 Å². The van der Waals surface area contributed by atoms with Gasteiger partial charge in [-0.2, -0.15) is 0 Å². The number of hydrogen-bond donors (Lipinski definition) is 2. The number of carbonyl (C=O) groups is 1. The average Bonchev–Trinajstić information content (AvgIpc) is 2.85. The highest BCUT2D eigenvalue weighted by atomic mass is 35.5. The number of carbonyl (C=O) groups excluding carboxylic acids is 1. The van der Waals surface area contributed by atoms with Gasteiger partial charge in [-0.05, 0) is 42.5 Å². The van der Waals surface area contributed by atoms with Gasteiger partial charge in [0.1, 0.15) is 11.4 Å². The van der Waals surface area contributed by atoms with Crippen molar-refractivity contribution in [2.24, 2.45) is 0 Å². The molecule has 1 aromatic carbocycles. The molecule has 1 fully saturated rings. The second-order valence-electron chi connectivity index (χ2n) is 5.12. The van der Waals surface area contributed by atoms with Crippen LogP contribution in [0.15, 0.2) is 18.2 Å². The largest absolute Gasteiger partial charge is 0.323 e. The minimum atomic E-state index is -0.590. The number of aryl methyl sites for hydroxylation is 1. The summed E-state index contributed by atoms with van der Waals surface area (Å²) in [7, 11) is 0. The van der Waals surface area contributed by atoms with E-state index in [-0.39, 0.29) is 6.03 Å². The molecule has 0 saturated carbocycles. The molecule has 1 aliphatic heterocycles. The lowest BCUT2D eigenvalue weighted by molar-refractivity contribution is 0.172. The monoisotopic (exact) mass is 277 g/mol. The summed E-state index contributed by atoms with van der Waals surface area (Å²) in [4.78, 5) is 13.9. The van der Waals surface area contributed by atoms with Gasteiger partial charge in [-0.1, -0.05) is 24.6 Å². The van der Waals surface area contributed by atoms with Crippen molar-refractivity contribution in [3.8, 4) is 0 Å². The van der Waals surface area contributed by atoms with E-state index in [1.165, 1.54) is 0 Å². The quantitative estimate of drug-likeness (QED) is 0.858. The molecule has 2 N–H and O–H groups in total. The number of fused-ring (bicyclic) bond motifs is 2. The summed E-state index contributed by atoms with van der Waals surface area (Å²) < 4.78 is 0. The van der Waals surface area contributed by atoms with Crippen LogP contribution in [0.5, 0.6) is 0 Å². The van der Waals surface area contributed by atoms with E-state index in [1.807, 2.05) is 25.1 Å². The second-order valence-corrected chi connectivity index (χ2v) is 5.55. The number of nitrogens with one attached hydrogen (secondary N) is 2. The van der Waals surface area contributed by atoms with Crippen molar-refractivity contribution in [2.75, 3.05) is 6.54 Å². The van der Waals surface area contributed by atoms with Gasteiger partial charge in [0.05, 0.1) is 0 Å². The Morgan fingerprint density at radius 1 is 1.53 bits per heavy atom. The molecule has 4 nitrogen and oxygen atoms in total. The number of amides is 2. The number of nitrogens with zero attached hydrogens (tertiary/aromatic N) is 1. The number of halogens is 1. The molecule has 19 heavy (non-hydrogen) atoms. The first kappa shape index (κ1) is 12.5. The molecule has 1 aliphatic carbocycles. The van der Waals surface area contributed by atoms with Crippen LogP contribution in [0.4, 0.5) is 4.79 Å². The van der Waals surface area contributed by atoms with Crippen molar-refractivity contribution in [2.45, 2.75) is 31.7 Å². The van der Waals surface area contributed by atoms with Crippen molar-refractivity contribution >= 4 is 23.5 Å². The van der Waals surface area contributed by atoms with Crippen molar-refractivity contribution in [3.63, 3.8) is 0 Å². The first-order valence-corrected chi connectivity index (χ1v) is 6.94. The van der Waals surface area contributed by atoms with Crippen molar-refractivity contribution in [3.05, 3.63) is 34.3 Å². The Labute approximate surface area is 117 Å². The SMILES string of the molecule is CCCN1C(=O)NC(=N)C12CCc1cc(Cl)ccc12. The van der Waals surface area contributed by atoms with E-state index >= 15 is 0 Å². The van der Waals surface area contributed by atoms with Gasteiger partial charge in [0.2, 0.25) is 0 Å². The van der Waals surface area contributed by atoms with E-state index in [9.17, 15) is 4.79 Å². The Morgan fingerprint density at radius 3 is 3.05 bits per heavy atom. The molecule has 1 saturated heterocycles. The molecule has 100 valence electrons. The molecular weight excluding hydrogens is 262 g/mol. The molecule has 1 spiro atoms. The van der Waals surface area contributed by atoms with Gasteiger partial charge in [-0.3, -0.25) is 10.7 Å². The lowest BCUT2D eigenvalue weighted by Crippen LogP contribution is -2.45. The normalized spacial score (nSPS) is 25.1. The number of hydrogen-bond acceptors (Lipinski definition) is 2. The van der Waals surface area contributed by atoms with Crippen LogP contribution in [0.2, 0.25) is 5.02 Å². The van der Waals surface area contributed by atoms with E-state index in [0.29, 0.717) is 17.4 Å². The van der Waals surface area contributed by atoms with Crippen LogP contribution in [0, 0.1) is 5.41 Å². The molecule has 5 heteroatoms. The van der Waals surface area contributed by atoms with Crippen LogP contribution in [0.3, 0.4) is 0 Å². The van der Waals surface area contributed by atoms with Crippen LogP contribution >= 0.6 is 11.6 Å². The first-order chi connectivity index (χ1) is 9.09. The fourth-order valence-electron chi connectivity index (χ4n) is 3.26. The molecule has 1 atom stereocenters. The summed E-state index contributed by atoms with van der Waals surface area (Å²) in [6.45, 7) is 2.71. The maximum atomic E-state index is 12.1. The van der Waals surface area contributed by atoms with Gasteiger partial charge >= 0.3 is 6.03 Å². The predicted molar refractivity (Wildman–Crippen MR) is 74.7 cm³/mol. The summed E-state index contributed by atoms with van der Waals surface area (Å²) in [5.41, 5.74) is 1.61. The minimum Gasteiger partial charge on any atom is -0.307 e. The summed E-state index contributed by atoms with van der Waals surface area (Å²) in [6, 6.07) is 5.59. The number of urea groups is 1. The third kappa shape index (κ3) is 1.59. The summed E-state index contributed by atoms with van der Waals surface area (Å²) >= 11 is 6.03. The van der Waals surface area contributed by atoms with Crippen LogP contribution in [-0.4, -0.2) is 23.3 Å². The first-order valence-electron chi connectivity index (χ1n) is 6.56. The predicted octanol–water partition coefficient (Wildman–Crippen LogP) is 2.89. The Kier molecular flexibility index (Phi) is 2.78. The fraction of sp³-hybridized carbons (Fsp3) is 0.429. The third-order valence-electron chi connectivity index (χ3n) is 4.07. The molecular formula is C14H16ClN3O. The zero-order valence-corrected chi connectivity index (χ0v) is 11.5. The number of amidine groups is 1. The van der Waals surface area contributed by atoms with Gasteiger partial charge in [-0.25, -0.2) is 4.79 Å². The highest BCUT2D eigenvalue weighted by molar-refractivity contribution is 6.30. The Morgan fingerprint density at radius 2 is 2.32 bits per heavy atom. The number of rotatable bonds is 2. The van der Waals surface area contributed by atoms with E-state index in [4.69, 9.17) is 17.0 Å². The molecule has 1 heterocycles. The maximum Gasteiger partial charge on any atom is 0.323 e. The molecule has 2 aliphatic rings. The van der Waals surface area contributed by atoms with Crippen LogP contribution in [-0.2, 0) is 12.0 Å². The van der Waals surface area contributed by atoms with Gasteiger partial charge in [-0.15, -0.1) is 0 Å². The molecule has 0 aromatic heterocycles. The van der Waals surface area contributed by atoms with E-state index < -0.39 is 5.54 Å². The van der Waals surface area contributed by atoms with E-state index in [1.54, 1.807) is 4.90 Å². The smallest absolute Gasteiger partial charge is 0.307 e. The second kappa shape index (κ2) is 4.23. The molecule has 0 bridgehead atoms. The topological polar surface area (TPSA) is 56.2 Å². The maximum absolute atomic E-state index is 12.1. The van der Waals surface area contributed by atoms with Crippen molar-refractivity contribution < 1.29 is 4.79 Å². The molecule has 3 rings (SSSR count). The van der Waals surface area contributed by atoms with Crippen LogP contribution in [0.1, 0.15) is 30.9 Å². The number of benzene rings is 1. The zero-order valence-electron chi connectivity index (χ0n) is 10.8. The molecule has 0 radical (unpaired) electrons. The molecule has 1 aromatic rings. The minimum absolute atomic E-state index is 0.158. The Balaban J connectivity index is 2.14. The van der Waals surface area contributed by atoms with Gasteiger partial charge in [0.15, 0.2) is 0 Å². The summed E-state index contributed by atoms with van der Waals surface area (Å²) in [6.07, 6.45) is 2.50. The van der Waals surface area contributed by atoms with E-state index in [0.717, 1.165) is 30.4 Å². The van der Waals surface area contributed by atoms with Crippen molar-refractivity contribution in [1.82, 2.24) is 10.2 Å². The van der Waals surface area contributed by atoms with Gasteiger partial charge < -0.3 is 4.90 Å². The standard InChI is InChI=1S/C14H16ClN3O/c1-2-7-18-13(19)17-12(16)14(18)6-5-9-8-10(15)3-4-11(9)14/h3-4,8H,2,5-7H2,1H3,(H2,16,17,19). The Bertz CT molecular complexity index is 572. The molecule has 2 amide bonds. The highest BCUT2D eigenvalue weighted by Crippen LogP contribution is 2.45. The van der Waals surface area contributed by atoms with Crippen molar-refractivity contribution in [1.29, 1.82) is 5.41 Å². The zero-order chi connectivity index (χ0) is 13.6. The van der Waals surface area contributed by atoms with Gasteiger partial charge in [0.25, 0.3) is 0 Å². The summed E-state index contributed by atoms with van der Waals surface area (Å²) in [5, 5.41) is 11.6. The van der Waals surface area contributed by atoms with E-state index in [2.05, 4.69) is 5.32 Å².